The quantitative estimate of drug-likeness (QED) is 0.166. The lowest BCUT2D eigenvalue weighted by atomic mass is 9.87. The van der Waals surface area contributed by atoms with Crippen molar-refractivity contribution in [3.8, 4) is 11.1 Å². The van der Waals surface area contributed by atoms with Crippen LogP contribution >= 0.6 is 0 Å². The summed E-state index contributed by atoms with van der Waals surface area (Å²) < 4.78 is 0. The summed E-state index contributed by atoms with van der Waals surface area (Å²) in [6, 6.07) is 74.3. The van der Waals surface area contributed by atoms with E-state index in [9.17, 15) is 0 Å². The fraction of sp³-hybridized carbons (Fsp3) is 0. The molecule has 0 saturated heterocycles. The number of benzene rings is 11. The SMILES string of the molecule is c1ccc(-c2ccc(N(c3cc4ccccc4c4ccccc34)c3cc4cccc5c6cccc7ccc8cccc(c9cccc3c9c45)c8c76)cc2)cc1. The van der Waals surface area contributed by atoms with Crippen molar-refractivity contribution in [3.05, 3.63) is 200 Å². The molecule has 0 fully saturated rings. The zero-order chi connectivity index (χ0) is 36.0. The highest BCUT2D eigenvalue weighted by Gasteiger charge is 2.23. The summed E-state index contributed by atoms with van der Waals surface area (Å²) in [5.74, 6) is 0. The molecule has 0 aliphatic carbocycles. The molecule has 0 aliphatic heterocycles. The topological polar surface area (TPSA) is 3.24 Å². The standard InChI is InChI=1S/C54H33N/c1-2-12-34(13-3-1)35-28-30-40(31-29-35)55(49-32-38-14-4-5-18-41(38)42-19-6-7-20-43(42)49)50-33-39-17-10-23-45-44-21-8-15-36-26-27-37-16-9-22-46(52(37)51(36)44)47-24-11-25-48(50)54(47)53(39)45/h1-33H. The number of anilines is 3. The largest absolute Gasteiger partial charge is 0.309 e. The first-order chi connectivity index (χ1) is 27.3. The lowest BCUT2D eigenvalue weighted by Gasteiger charge is -2.30. The molecule has 12 aromatic rings. The summed E-state index contributed by atoms with van der Waals surface area (Å²) in [5, 5.41) is 20.3. The molecule has 55 heavy (non-hydrogen) atoms. The molecule has 254 valence electrons. The van der Waals surface area contributed by atoms with Crippen molar-refractivity contribution in [1.29, 1.82) is 0 Å². The summed E-state index contributed by atoms with van der Waals surface area (Å²) in [5.41, 5.74) is 5.85. The van der Waals surface area contributed by atoms with Crippen LogP contribution in [0, 0.1) is 0 Å². The number of hydrogen-bond donors (Lipinski definition) is 0. The van der Waals surface area contributed by atoms with Crippen molar-refractivity contribution in [1.82, 2.24) is 0 Å². The van der Waals surface area contributed by atoms with E-state index in [1.807, 2.05) is 0 Å². The Bertz CT molecular complexity index is 3470. The predicted octanol–water partition coefficient (Wildman–Crippen LogP) is 15.5. The summed E-state index contributed by atoms with van der Waals surface area (Å²) in [4.78, 5) is 2.52. The minimum atomic E-state index is 1.12. The van der Waals surface area contributed by atoms with Gasteiger partial charge in [-0.3, -0.25) is 0 Å². The zero-order valence-corrected chi connectivity index (χ0v) is 30.0. The zero-order valence-electron chi connectivity index (χ0n) is 30.0. The van der Waals surface area contributed by atoms with Gasteiger partial charge in [-0.15, -0.1) is 0 Å². The fourth-order valence-corrected chi connectivity index (χ4v) is 9.53. The van der Waals surface area contributed by atoms with E-state index in [1.165, 1.54) is 97.3 Å². The molecule has 1 heteroatoms. The Labute approximate surface area is 318 Å². The first kappa shape index (κ1) is 30.3. The van der Waals surface area contributed by atoms with Crippen LogP contribution < -0.4 is 4.90 Å². The third kappa shape index (κ3) is 4.41. The third-order valence-electron chi connectivity index (χ3n) is 11.9. The first-order valence-corrected chi connectivity index (χ1v) is 19.1. The van der Waals surface area contributed by atoms with Crippen LogP contribution in [0.1, 0.15) is 0 Å². The van der Waals surface area contributed by atoms with Gasteiger partial charge >= 0.3 is 0 Å². The van der Waals surface area contributed by atoms with Crippen LogP contribution in [0.4, 0.5) is 17.1 Å². The summed E-state index contributed by atoms with van der Waals surface area (Å²) in [7, 11) is 0. The van der Waals surface area contributed by atoms with Gasteiger partial charge in [0.2, 0.25) is 0 Å². The highest BCUT2D eigenvalue weighted by molar-refractivity contribution is 6.38. The first-order valence-electron chi connectivity index (χ1n) is 19.1. The van der Waals surface area contributed by atoms with E-state index in [-0.39, 0.29) is 0 Å². The molecule has 0 heterocycles. The van der Waals surface area contributed by atoms with Gasteiger partial charge in [0.25, 0.3) is 0 Å². The smallest absolute Gasteiger partial charge is 0.0546 e. The molecule has 12 rings (SSSR count). The maximum atomic E-state index is 2.52. The van der Waals surface area contributed by atoms with Crippen LogP contribution in [0.15, 0.2) is 200 Å². The lowest BCUT2D eigenvalue weighted by Crippen LogP contribution is -2.11. The van der Waals surface area contributed by atoms with Crippen LogP contribution in [0.3, 0.4) is 0 Å². The summed E-state index contributed by atoms with van der Waals surface area (Å²) >= 11 is 0. The molecule has 0 saturated carbocycles. The Morgan fingerprint density at radius 3 is 1.36 bits per heavy atom. The van der Waals surface area contributed by atoms with Gasteiger partial charge in [0.15, 0.2) is 0 Å². The molecule has 0 aliphatic rings. The molecular weight excluding hydrogens is 663 g/mol. The van der Waals surface area contributed by atoms with Gasteiger partial charge in [0, 0.05) is 21.8 Å². The van der Waals surface area contributed by atoms with E-state index < -0.39 is 0 Å². The van der Waals surface area contributed by atoms with E-state index in [2.05, 4.69) is 205 Å². The Hall–Kier alpha value is -7.22. The monoisotopic (exact) mass is 695 g/mol. The maximum absolute atomic E-state index is 2.52. The molecule has 0 unspecified atom stereocenters. The van der Waals surface area contributed by atoms with E-state index in [0.717, 1.165) is 17.1 Å². The Morgan fingerprint density at radius 1 is 0.236 bits per heavy atom. The molecule has 0 amide bonds. The van der Waals surface area contributed by atoms with Crippen molar-refractivity contribution < 1.29 is 0 Å². The number of rotatable bonds is 4. The van der Waals surface area contributed by atoms with Gasteiger partial charge in [0.1, 0.15) is 0 Å². The molecule has 0 aromatic heterocycles. The van der Waals surface area contributed by atoms with Crippen molar-refractivity contribution in [3.63, 3.8) is 0 Å². The maximum Gasteiger partial charge on any atom is 0.0546 e. The van der Waals surface area contributed by atoms with Crippen molar-refractivity contribution in [2.45, 2.75) is 0 Å². The number of fused-ring (bicyclic) bond motifs is 5. The van der Waals surface area contributed by atoms with E-state index in [1.54, 1.807) is 0 Å². The van der Waals surface area contributed by atoms with Crippen LogP contribution in [-0.2, 0) is 0 Å². The predicted molar refractivity (Wildman–Crippen MR) is 238 cm³/mol. The Kier molecular flexibility index (Phi) is 6.40. The van der Waals surface area contributed by atoms with Crippen LogP contribution in [0.5, 0.6) is 0 Å². The molecule has 0 spiro atoms. The fourth-order valence-electron chi connectivity index (χ4n) is 9.53. The molecule has 0 bridgehead atoms. The van der Waals surface area contributed by atoms with E-state index >= 15 is 0 Å². The minimum Gasteiger partial charge on any atom is -0.309 e. The highest BCUT2D eigenvalue weighted by Crippen LogP contribution is 2.49. The van der Waals surface area contributed by atoms with Gasteiger partial charge < -0.3 is 4.90 Å². The summed E-state index contributed by atoms with van der Waals surface area (Å²) in [6.07, 6.45) is 0. The van der Waals surface area contributed by atoms with Crippen molar-refractivity contribution in [2.24, 2.45) is 0 Å². The van der Waals surface area contributed by atoms with Gasteiger partial charge in [0.05, 0.1) is 11.4 Å². The van der Waals surface area contributed by atoms with Gasteiger partial charge in [-0.25, -0.2) is 0 Å². The van der Waals surface area contributed by atoms with Gasteiger partial charge in [-0.2, -0.15) is 0 Å². The van der Waals surface area contributed by atoms with E-state index in [4.69, 9.17) is 0 Å². The third-order valence-corrected chi connectivity index (χ3v) is 11.9. The highest BCUT2D eigenvalue weighted by atomic mass is 15.1. The second-order valence-electron chi connectivity index (χ2n) is 14.8. The lowest BCUT2D eigenvalue weighted by molar-refractivity contribution is 1.32. The summed E-state index contributed by atoms with van der Waals surface area (Å²) in [6.45, 7) is 0. The van der Waals surface area contributed by atoms with Gasteiger partial charge in [-0.1, -0.05) is 176 Å². The molecule has 12 aromatic carbocycles. The second kappa shape index (κ2) is 11.6. The minimum absolute atomic E-state index is 1.12. The Balaban J connectivity index is 1.26. The molecule has 0 atom stereocenters. The molecule has 0 radical (unpaired) electrons. The van der Waals surface area contributed by atoms with Crippen LogP contribution in [0.2, 0.25) is 0 Å². The van der Waals surface area contributed by atoms with Crippen molar-refractivity contribution in [2.75, 3.05) is 4.90 Å². The van der Waals surface area contributed by atoms with Crippen LogP contribution in [0.25, 0.3) is 97.3 Å². The second-order valence-corrected chi connectivity index (χ2v) is 14.8. The average molecular weight is 696 g/mol. The average Bonchev–Trinajstić information content (AvgIpc) is 3.25. The number of hydrogen-bond acceptors (Lipinski definition) is 1. The van der Waals surface area contributed by atoms with Crippen LogP contribution in [-0.4, -0.2) is 0 Å². The number of nitrogens with zero attached hydrogens (tertiary/aromatic N) is 1. The molecule has 1 nitrogen and oxygen atoms in total. The Morgan fingerprint density at radius 2 is 0.673 bits per heavy atom. The van der Waals surface area contributed by atoms with Gasteiger partial charge in [-0.05, 0) is 105 Å². The molecule has 0 N–H and O–H groups in total. The normalized spacial score (nSPS) is 12.0. The molecular formula is C54H33N. The van der Waals surface area contributed by atoms with E-state index in [0.29, 0.717) is 0 Å². The van der Waals surface area contributed by atoms with Crippen molar-refractivity contribution >= 4 is 103 Å².